The van der Waals surface area contributed by atoms with E-state index < -0.39 is 0 Å². The Bertz CT molecular complexity index is 461. The van der Waals surface area contributed by atoms with Crippen molar-refractivity contribution < 1.29 is 9.90 Å². The van der Waals surface area contributed by atoms with E-state index in [2.05, 4.69) is 17.1 Å². The van der Waals surface area contributed by atoms with Gasteiger partial charge in [0.2, 0.25) is 5.91 Å². The predicted molar refractivity (Wildman–Crippen MR) is 84.9 cm³/mol. The highest BCUT2D eigenvalue weighted by Crippen LogP contribution is 2.17. The fourth-order valence-electron chi connectivity index (χ4n) is 2.57. The number of carbonyl (C=O) groups excluding carboxylic acids is 1. The van der Waals surface area contributed by atoms with Crippen LogP contribution in [0.5, 0.6) is 0 Å². The summed E-state index contributed by atoms with van der Waals surface area (Å²) in [5, 5.41) is 12.7. The molecule has 1 aromatic rings. The van der Waals surface area contributed by atoms with E-state index in [4.69, 9.17) is 5.73 Å². The summed E-state index contributed by atoms with van der Waals surface area (Å²) in [6, 6.07) is 7.14. The number of nitrogen functional groups attached to an aromatic ring is 1. The van der Waals surface area contributed by atoms with Crippen LogP contribution < -0.4 is 11.1 Å². The second-order valence-corrected chi connectivity index (χ2v) is 5.91. The van der Waals surface area contributed by atoms with E-state index in [-0.39, 0.29) is 12.0 Å². The van der Waals surface area contributed by atoms with E-state index >= 15 is 0 Å². The number of nitrogens with zero attached hydrogens (tertiary/aromatic N) is 1. The minimum atomic E-state index is -0.234. The van der Waals surface area contributed by atoms with Gasteiger partial charge in [-0.05, 0) is 56.1 Å². The Balaban J connectivity index is 1.66. The summed E-state index contributed by atoms with van der Waals surface area (Å²) in [4.78, 5) is 14.1. The summed E-state index contributed by atoms with van der Waals surface area (Å²) in [6.45, 7) is 4.68. The van der Waals surface area contributed by atoms with Gasteiger partial charge >= 0.3 is 0 Å². The Labute approximate surface area is 126 Å². The van der Waals surface area contributed by atoms with Crippen molar-refractivity contribution in [3.63, 3.8) is 0 Å². The molecule has 116 valence electrons. The average molecular weight is 291 g/mol. The summed E-state index contributed by atoms with van der Waals surface area (Å²) in [7, 11) is 0. The molecule has 2 atom stereocenters. The number of piperidine rings is 1. The molecule has 0 radical (unpaired) electrons. The molecule has 0 saturated carbocycles. The van der Waals surface area contributed by atoms with Crippen LogP contribution in [0, 0.1) is 5.92 Å². The Kier molecular flexibility index (Phi) is 5.59. The van der Waals surface area contributed by atoms with Crippen LogP contribution in [-0.4, -0.2) is 41.7 Å². The van der Waals surface area contributed by atoms with Gasteiger partial charge in [0.05, 0.1) is 6.10 Å². The van der Waals surface area contributed by atoms with Gasteiger partial charge in [0.25, 0.3) is 0 Å². The number of β-amino-alcohol motifs (C(OH)–C–C–N with tert-alkyl or cyclic N) is 1. The number of anilines is 2. The van der Waals surface area contributed by atoms with Crippen LogP contribution in [0.25, 0.3) is 0 Å². The van der Waals surface area contributed by atoms with E-state index in [1.807, 2.05) is 0 Å². The largest absolute Gasteiger partial charge is 0.399 e. The highest BCUT2D eigenvalue weighted by molar-refractivity contribution is 5.90. The fourth-order valence-corrected chi connectivity index (χ4v) is 2.57. The Morgan fingerprint density at radius 1 is 1.43 bits per heavy atom. The maximum absolute atomic E-state index is 11.8. The zero-order valence-electron chi connectivity index (χ0n) is 12.6. The van der Waals surface area contributed by atoms with Crippen molar-refractivity contribution in [1.82, 2.24) is 4.90 Å². The third-order valence-corrected chi connectivity index (χ3v) is 4.08. The molecule has 0 aliphatic carbocycles. The van der Waals surface area contributed by atoms with Crippen molar-refractivity contribution in [1.29, 1.82) is 0 Å². The lowest BCUT2D eigenvalue weighted by Crippen LogP contribution is -2.43. The molecule has 1 amide bonds. The number of nitrogens with one attached hydrogen (secondary N) is 1. The van der Waals surface area contributed by atoms with E-state index in [1.165, 1.54) is 0 Å². The van der Waals surface area contributed by atoms with Crippen molar-refractivity contribution in [2.75, 3.05) is 30.7 Å². The summed E-state index contributed by atoms with van der Waals surface area (Å²) >= 11 is 0. The Morgan fingerprint density at radius 3 is 2.81 bits per heavy atom. The van der Waals surface area contributed by atoms with Crippen LogP contribution in [0.1, 0.15) is 26.2 Å². The minimum absolute atomic E-state index is 0.0192. The van der Waals surface area contributed by atoms with Crippen molar-refractivity contribution in [2.45, 2.75) is 32.3 Å². The Hall–Kier alpha value is -1.59. The molecule has 4 N–H and O–H groups in total. The van der Waals surface area contributed by atoms with Gasteiger partial charge in [-0.1, -0.05) is 6.92 Å². The first-order valence-corrected chi connectivity index (χ1v) is 7.60. The van der Waals surface area contributed by atoms with Gasteiger partial charge in [-0.15, -0.1) is 0 Å². The molecule has 5 heteroatoms. The number of aliphatic hydroxyl groups excluding tert-OH is 1. The normalized spacial score (nSPS) is 23.0. The first kappa shape index (κ1) is 15.8. The second kappa shape index (κ2) is 7.43. The van der Waals surface area contributed by atoms with Crippen molar-refractivity contribution in [2.24, 2.45) is 5.92 Å². The number of aliphatic hydroxyl groups is 1. The number of nitrogens with two attached hydrogens (primary N) is 1. The Morgan fingerprint density at radius 2 is 2.14 bits per heavy atom. The first-order chi connectivity index (χ1) is 10.0. The van der Waals surface area contributed by atoms with Gasteiger partial charge in [0.1, 0.15) is 0 Å². The summed E-state index contributed by atoms with van der Waals surface area (Å²) in [5.41, 5.74) is 7.06. The van der Waals surface area contributed by atoms with Gasteiger partial charge in [-0.3, -0.25) is 4.79 Å². The molecule has 1 aliphatic heterocycles. The summed E-state index contributed by atoms with van der Waals surface area (Å²) < 4.78 is 0. The van der Waals surface area contributed by atoms with Crippen molar-refractivity contribution in [3.8, 4) is 0 Å². The van der Waals surface area contributed by atoms with Gasteiger partial charge in [0.15, 0.2) is 0 Å². The van der Waals surface area contributed by atoms with Crippen LogP contribution in [0.2, 0.25) is 0 Å². The molecular weight excluding hydrogens is 266 g/mol. The molecular formula is C16H25N3O2. The van der Waals surface area contributed by atoms with Gasteiger partial charge in [-0.25, -0.2) is 0 Å². The number of amides is 1. The van der Waals surface area contributed by atoms with E-state index in [1.54, 1.807) is 24.3 Å². The van der Waals surface area contributed by atoms with Crippen molar-refractivity contribution >= 4 is 17.3 Å². The number of rotatable bonds is 5. The van der Waals surface area contributed by atoms with Crippen LogP contribution in [0.15, 0.2) is 24.3 Å². The van der Waals surface area contributed by atoms with Crippen LogP contribution in [0.3, 0.4) is 0 Å². The molecule has 21 heavy (non-hydrogen) atoms. The predicted octanol–water partition coefficient (Wildman–Crippen LogP) is 1.69. The van der Waals surface area contributed by atoms with Gasteiger partial charge < -0.3 is 21.1 Å². The molecule has 0 bridgehead atoms. The smallest absolute Gasteiger partial charge is 0.224 e. The fraction of sp³-hybridized carbons (Fsp3) is 0.562. The maximum atomic E-state index is 11.8. The molecule has 2 rings (SSSR count). The molecule has 1 fully saturated rings. The number of likely N-dealkylation sites (tertiary alicyclic amines) is 1. The number of hydrogen-bond donors (Lipinski definition) is 3. The van der Waals surface area contributed by atoms with Gasteiger partial charge in [-0.2, -0.15) is 0 Å². The highest BCUT2D eigenvalue weighted by Gasteiger charge is 2.23. The minimum Gasteiger partial charge on any atom is -0.399 e. The molecule has 1 aliphatic rings. The average Bonchev–Trinajstić information content (AvgIpc) is 2.45. The highest BCUT2D eigenvalue weighted by atomic mass is 16.3. The second-order valence-electron chi connectivity index (χ2n) is 5.91. The number of benzene rings is 1. The standard InChI is InChI=1S/C16H25N3O2/c1-12-8-10-19(11-15(12)20)9-2-3-16(21)18-14-6-4-13(17)5-7-14/h4-7,12,15,20H,2-3,8-11,17H2,1H3,(H,18,21). The SMILES string of the molecule is CC1CCN(CCCC(=O)Nc2ccc(N)cc2)CC1O. The first-order valence-electron chi connectivity index (χ1n) is 7.60. The van der Waals surface area contributed by atoms with E-state index in [0.717, 1.165) is 38.2 Å². The third-order valence-electron chi connectivity index (χ3n) is 4.08. The van der Waals surface area contributed by atoms with Crippen LogP contribution in [-0.2, 0) is 4.79 Å². The number of carbonyl (C=O) groups is 1. The molecule has 1 aromatic carbocycles. The zero-order valence-corrected chi connectivity index (χ0v) is 12.6. The summed E-state index contributed by atoms with van der Waals surface area (Å²) in [6.07, 6.45) is 2.09. The van der Waals surface area contributed by atoms with Gasteiger partial charge in [0, 0.05) is 24.3 Å². The summed E-state index contributed by atoms with van der Waals surface area (Å²) in [5.74, 6) is 0.403. The topological polar surface area (TPSA) is 78.6 Å². The van der Waals surface area contributed by atoms with Crippen molar-refractivity contribution in [3.05, 3.63) is 24.3 Å². The third kappa shape index (κ3) is 5.02. The molecule has 1 heterocycles. The quantitative estimate of drug-likeness (QED) is 0.721. The lowest BCUT2D eigenvalue weighted by molar-refractivity contribution is -0.116. The number of hydrogen-bond acceptors (Lipinski definition) is 4. The molecule has 2 unspecified atom stereocenters. The molecule has 5 nitrogen and oxygen atoms in total. The lowest BCUT2D eigenvalue weighted by atomic mass is 9.96. The van der Waals surface area contributed by atoms with E-state index in [9.17, 15) is 9.90 Å². The van der Waals surface area contributed by atoms with Crippen LogP contribution >= 0.6 is 0 Å². The zero-order chi connectivity index (χ0) is 15.2. The monoisotopic (exact) mass is 291 g/mol. The molecule has 0 spiro atoms. The lowest BCUT2D eigenvalue weighted by Gasteiger charge is -2.34. The maximum Gasteiger partial charge on any atom is 0.224 e. The molecule has 0 aromatic heterocycles. The van der Waals surface area contributed by atoms with Crippen LogP contribution in [0.4, 0.5) is 11.4 Å². The molecule has 1 saturated heterocycles. The van der Waals surface area contributed by atoms with E-state index in [0.29, 0.717) is 18.0 Å².